The summed E-state index contributed by atoms with van der Waals surface area (Å²) >= 11 is 0. The Bertz CT molecular complexity index is 1940. The number of allylic oxidation sites excluding steroid dienone is 5. The van der Waals surface area contributed by atoms with Crippen LogP contribution >= 0.6 is 0 Å². The molecule has 2 saturated heterocycles. The highest BCUT2D eigenvalue weighted by Crippen LogP contribution is 2.38. The van der Waals surface area contributed by atoms with Crippen LogP contribution in [0.2, 0.25) is 0 Å². The van der Waals surface area contributed by atoms with Crippen LogP contribution in [-0.2, 0) is 38.1 Å². The third-order valence-corrected chi connectivity index (χ3v) is 14.8. The number of hydrogen-bond acceptors (Lipinski definition) is 16. The predicted molar refractivity (Wildman–Crippen MR) is 254 cm³/mol. The van der Waals surface area contributed by atoms with Crippen LogP contribution in [0.4, 0.5) is 5.82 Å². The highest BCUT2D eigenvalue weighted by Gasteiger charge is 2.53. The lowest BCUT2D eigenvalue weighted by atomic mass is 9.78. The molecule has 1 aliphatic carbocycles. The van der Waals surface area contributed by atoms with E-state index in [1.54, 1.807) is 27.0 Å². The first-order valence-electron chi connectivity index (χ1n) is 24.8. The van der Waals surface area contributed by atoms with Crippen molar-refractivity contribution in [1.82, 2.24) is 15.2 Å². The van der Waals surface area contributed by atoms with Gasteiger partial charge in [-0.2, -0.15) is 0 Å². The Balaban J connectivity index is 1.46. The van der Waals surface area contributed by atoms with E-state index in [0.29, 0.717) is 82.0 Å². The van der Waals surface area contributed by atoms with Crippen LogP contribution in [0.15, 0.2) is 58.4 Å². The molecule has 4 unspecified atom stereocenters. The Kier molecular flexibility index (Phi) is 20.7. The second-order valence-electron chi connectivity index (χ2n) is 20.1. The van der Waals surface area contributed by atoms with Crippen molar-refractivity contribution in [3.05, 3.63) is 53.8 Å². The lowest BCUT2D eigenvalue weighted by Gasteiger charge is -2.43. The molecule has 380 valence electrons. The lowest BCUT2D eigenvalue weighted by molar-refractivity contribution is -0.263. The van der Waals surface area contributed by atoms with Gasteiger partial charge in [0.1, 0.15) is 30.6 Å². The monoisotopic (exact) mass is 954 g/mol. The molecular formula is C51H79N5O12. The summed E-state index contributed by atoms with van der Waals surface area (Å²) in [5.74, 6) is -6.17. The summed E-state index contributed by atoms with van der Waals surface area (Å²) in [4.78, 5) is 58.1. The summed E-state index contributed by atoms with van der Waals surface area (Å²) in [6.45, 7) is 11.3. The Hall–Kier alpha value is -4.10. The Labute approximate surface area is 402 Å². The third-order valence-electron chi connectivity index (χ3n) is 14.8. The minimum atomic E-state index is -2.45. The summed E-state index contributed by atoms with van der Waals surface area (Å²) in [5, 5.41) is 45.0. The molecule has 6 N–H and O–H groups in total. The van der Waals surface area contributed by atoms with Gasteiger partial charge in [0.2, 0.25) is 5.79 Å². The molecule has 4 aliphatic rings. The van der Waals surface area contributed by atoms with Crippen molar-refractivity contribution in [3.63, 3.8) is 0 Å². The quantitative estimate of drug-likeness (QED) is 0.128. The van der Waals surface area contributed by atoms with E-state index in [0.717, 1.165) is 12.0 Å². The number of nitrogens with one attached hydrogen (secondary N) is 1. The summed E-state index contributed by atoms with van der Waals surface area (Å²) < 4.78 is 28.7. The third kappa shape index (κ3) is 14.5. The van der Waals surface area contributed by atoms with E-state index in [-0.39, 0.29) is 42.6 Å². The van der Waals surface area contributed by atoms with Crippen LogP contribution in [0, 0.1) is 29.6 Å². The number of ketones is 2. The fourth-order valence-electron chi connectivity index (χ4n) is 10.5. The largest absolute Gasteiger partial charge is 0.461 e. The van der Waals surface area contributed by atoms with Crippen molar-refractivity contribution in [2.75, 3.05) is 26.1 Å². The van der Waals surface area contributed by atoms with Gasteiger partial charge in [-0.15, -0.1) is 0 Å². The first-order valence-corrected chi connectivity index (χ1v) is 24.8. The number of methoxy groups -OCH3 is 2. The van der Waals surface area contributed by atoms with E-state index in [1.165, 1.54) is 18.2 Å². The van der Waals surface area contributed by atoms with E-state index in [4.69, 9.17) is 29.3 Å². The number of fused-ring (bicyclic) bond motifs is 3. The number of nitrogens with zero attached hydrogens (tertiary/aromatic N) is 3. The molecule has 1 aromatic heterocycles. The maximum atomic E-state index is 14.4. The normalized spacial score (nSPS) is 39.1. The first kappa shape index (κ1) is 54.8. The summed E-state index contributed by atoms with van der Waals surface area (Å²) in [7, 11) is 3.00. The van der Waals surface area contributed by atoms with Crippen molar-refractivity contribution in [2.45, 2.75) is 186 Å². The van der Waals surface area contributed by atoms with Gasteiger partial charge in [0.05, 0.1) is 24.4 Å². The predicted octanol–water partition coefficient (Wildman–Crippen LogP) is 5.54. The summed E-state index contributed by atoms with van der Waals surface area (Å²) in [5.41, 5.74) is 8.03. The number of cyclic esters (lactones) is 1. The van der Waals surface area contributed by atoms with Crippen LogP contribution in [0.1, 0.15) is 125 Å². The van der Waals surface area contributed by atoms with Gasteiger partial charge in [-0.3, -0.25) is 14.4 Å². The molecule has 17 nitrogen and oxygen atoms in total. The van der Waals surface area contributed by atoms with Gasteiger partial charge in [-0.1, -0.05) is 74.9 Å². The number of aliphatic hydroxyl groups excluding tert-OH is 2. The lowest BCUT2D eigenvalue weighted by Crippen LogP contribution is -2.61. The molecule has 4 heterocycles. The van der Waals surface area contributed by atoms with Gasteiger partial charge < -0.3 is 50.2 Å². The van der Waals surface area contributed by atoms with Crippen molar-refractivity contribution in [2.24, 2.45) is 35.3 Å². The van der Waals surface area contributed by atoms with Gasteiger partial charge in [-0.25, -0.2) is 9.42 Å². The molecule has 3 fully saturated rings. The number of Topliss-reactive ketones (excluding diaryl/α,β-unsaturated/α-hetero) is 2. The maximum absolute atomic E-state index is 14.4. The van der Waals surface area contributed by atoms with Crippen molar-refractivity contribution < 1.29 is 58.1 Å². The van der Waals surface area contributed by atoms with Crippen LogP contribution < -0.4 is 11.1 Å². The number of piperidine rings is 1. The average molecular weight is 954 g/mol. The number of esters is 1. The Morgan fingerprint density at radius 1 is 0.926 bits per heavy atom. The van der Waals surface area contributed by atoms with Crippen LogP contribution in [0.25, 0.3) is 0 Å². The number of hydrogen-bond donors (Lipinski definition) is 5. The molecule has 0 spiro atoms. The number of amides is 1. The standard InChI is InChI=1S/C51H79N5O12/c1-30-14-10-9-11-15-31(2)39(54-44-29-53-68-55-44)28-38-20-17-35(6)51(63,67-38)48(60)49(61)56-23-13-12-16-40(56)50(62)66-42(32(3)25-36-18-21-41(57)43(27-36)64-7)22-19-37(52)26-34(5)46(59)47(65-8)45(58)33(4)24-30/h9-11,14-15,26,29-30,32-33,35-43,46-47,57,59,63H,12-13,16-25,27-28,52H2,1-8H3,(H,54,55)/b11-9+,14-10+,31-15+,34-26+/t30-,32-,33-,35?,36?,37+,38?,39?,40+,41-,42+,43-,46-,47+,51-/m1/s1. The van der Waals surface area contributed by atoms with E-state index >= 15 is 0 Å². The molecule has 5 rings (SSSR count). The fourth-order valence-corrected chi connectivity index (χ4v) is 10.5. The van der Waals surface area contributed by atoms with Gasteiger partial charge in [-0.05, 0) is 126 Å². The zero-order chi connectivity index (χ0) is 49.7. The van der Waals surface area contributed by atoms with E-state index in [9.17, 15) is 34.5 Å². The molecule has 2 bridgehead atoms. The average Bonchev–Trinajstić information content (AvgIpc) is 3.84. The molecule has 3 aliphatic heterocycles. The highest BCUT2D eigenvalue weighted by atomic mass is 16.6. The molecule has 0 aromatic carbocycles. The second kappa shape index (κ2) is 25.7. The smallest absolute Gasteiger partial charge is 0.329 e. The Morgan fingerprint density at radius 2 is 1.69 bits per heavy atom. The minimum Gasteiger partial charge on any atom is -0.461 e. The summed E-state index contributed by atoms with van der Waals surface area (Å²) in [6.07, 6.45) is 14.8. The number of carbonyl (C=O) groups excluding carboxylic acids is 4. The first-order chi connectivity index (χ1) is 32.4. The van der Waals surface area contributed by atoms with E-state index in [2.05, 4.69) is 15.6 Å². The molecule has 1 amide bonds. The molecule has 1 saturated carbocycles. The number of ether oxygens (including phenoxy) is 4. The van der Waals surface area contributed by atoms with Crippen LogP contribution in [-0.4, -0.2) is 135 Å². The van der Waals surface area contributed by atoms with Gasteiger partial charge in [0.15, 0.2) is 11.6 Å². The topological polar surface area (TPSA) is 246 Å². The fraction of sp³-hybridized carbons (Fsp3) is 0.725. The van der Waals surface area contributed by atoms with Crippen LogP contribution in [0.3, 0.4) is 0 Å². The molecule has 15 atom stereocenters. The summed E-state index contributed by atoms with van der Waals surface area (Å²) in [6, 6.07) is -2.07. The number of nitrogens with two attached hydrogens (primary N) is 1. The molecule has 1 aromatic rings. The van der Waals surface area contributed by atoms with Crippen molar-refractivity contribution >= 4 is 29.3 Å². The number of carbonyl (C=O) groups is 4. The molecule has 0 radical (unpaired) electrons. The zero-order valence-electron chi connectivity index (χ0n) is 41.5. The number of anilines is 1. The maximum Gasteiger partial charge on any atom is 0.329 e. The molecule has 17 heteroatoms. The Morgan fingerprint density at radius 3 is 2.40 bits per heavy atom. The highest BCUT2D eigenvalue weighted by molar-refractivity contribution is 6.39. The van der Waals surface area contributed by atoms with E-state index < -0.39 is 83.9 Å². The van der Waals surface area contributed by atoms with Crippen LogP contribution in [0.5, 0.6) is 0 Å². The van der Waals surface area contributed by atoms with Crippen molar-refractivity contribution in [3.8, 4) is 0 Å². The number of aromatic nitrogens is 2. The number of rotatable bonds is 7. The number of aliphatic hydroxyl groups is 3. The van der Waals surface area contributed by atoms with Crippen molar-refractivity contribution in [1.29, 1.82) is 0 Å². The molecular weight excluding hydrogens is 875 g/mol. The van der Waals surface area contributed by atoms with Gasteiger partial charge >= 0.3 is 5.97 Å². The van der Waals surface area contributed by atoms with E-state index in [1.807, 2.05) is 58.1 Å². The second-order valence-corrected chi connectivity index (χ2v) is 20.1. The van der Waals surface area contributed by atoms with Gasteiger partial charge in [0, 0.05) is 38.6 Å². The minimum absolute atomic E-state index is 0.0176. The molecule has 68 heavy (non-hydrogen) atoms. The SMILES string of the molecule is CO[C@@H]1CC(C[C@@H](C)[C@@H]2CC[C@H](N)/C=C(\C)[C@@H](O)[C@@H](OC)C(=O)[C@H](C)C[C@H](C)/C=C/C=C/C=C(\C)C(Nc3cnon3)CC3CCC(C)[C@@](O)(O3)C(=O)C(=O)N3CCCC[C@H]3C(=O)O2)CC[C@H]1O. The van der Waals surface area contributed by atoms with Gasteiger partial charge in [0.25, 0.3) is 11.7 Å². The zero-order valence-corrected chi connectivity index (χ0v) is 41.5.